The summed E-state index contributed by atoms with van der Waals surface area (Å²) in [5.41, 5.74) is 3.62. The highest BCUT2D eigenvalue weighted by molar-refractivity contribution is 7.99. The van der Waals surface area contributed by atoms with E-state index in [0.717, 1.165) is 61.7 Å². The molecule has 2 aliphatic heterocycles. The minimum Gasteiger partial charge on any atom is -0.490 e. The van der Waals surface area contributed by atoms with E-state index >= 15 is 0 Å². The molecule has 1 unspecified atom stereocenters. The summed E-state index contributed by atoms with van der Waals surface area (Å²) in [5, 5.41) is 11.7. The monoisotopic (exact) mass is 558 g/mol. The number of benzene rings is 2. The quantitative estimate of drug-likeness (QED) is 0.481. The number of carbonyl (C=O) groups is 1. The molecule has 2 aromatic carbocycles. The van der Waals surface area contributed by atoms with Crippen LogP contribution in [0.5, 0.6) is 5.75 Å². The average Bonchev–Trinajstić information content (AvgIpc) is 3.01. The van der Waals surface area contributed by atoms with Gasteiger partial charge in [0.25, 0.3) is 5.91 Å². The molecule has 1 amide bonds. The summed E-state index contributed by atoms with van der Waals surface area (Å²) in [5.74, 6) is 4.56. The molecule has 5 atom stereocenters. The zero-order chi connectivity index (χ0) is 26.5. The summed E-state index contributed by atoms with van der Waals surface area (Å²) in [6, 6.07) is 11.6. The lowest BCUT2D eigenvalue weighted by molar-refractivity contribution is -0.0392. The maximum Gasteiger partial charge on any atom is 0.262 e. The number of hydrogen-bond acceptors (Lipinski definition) is 6. The molecule has 1 fully saturated rings. The third-order valence-corrected chi connectivity index (χ3v) is 10.5. The lowest BCUT2D eigenvalue weighted by Crippen LogP contribution is -2.50. The second kappa shape index (κ2) is 10.0. The topological polar surface area (TPSA) is 88.1 Å². The Morgan fingerprint density at radius 3 is 2.89 bits per heavy atom. The predicted octanol–water partition coefficient (Wildman–Crippen LogP) is 3.59. The zero-order valence-corrected chi connectivity index (χ0v) is 23.1. The van der Waals surface area contributed by atoms with Crippen LogP contribution in [0.4, 0.5) is 5.69 Å². The van der Waals surface area contributed by atoms with E-state index < -0.39 is 21.7 Å². The molecule has 4 aliphatic rings. The van der Waals surface area contributed by atoms with Gasteiger partial charge in [-0.3, -0.25) is 9.52 Å². The minimum absolute atomic E-state index is 0.0890. The third kappa shape index (κ3) is 4.92. The molecule has 0 saturated heterocycles. The number of aliphatic hydroxyl groups excluding tert-OH is 1. The number of rotatable bonds is 0. The number of aryl methyl sites for hydroxylation is 1. The van der Waals surface area contributed by atoms with E-state index in [9.17, 15) is 14.1 Å². The van der Waals surface area contributed by atoms with E-state index in [1.807, 2.05) is 18.2 Å². The lowest BCUT2D eigenvalue weighted by Gasteiger charge is -2.45. The second-order valence-electron chi connectivity index (χ2n) is 11.4. The Morgan fingerprint density at radius 2 is 2.08 bits per heavy atom. The third-order valence-electron chi connectivity index (χ3n) is 8.85. The van der Waals surface area contributed by atoms with E-state index in [4.69, 9.17) is 21.1 Å². The Labute approximate surface area is 229 Å². The number of nitrogens with zero attached hydrogens (tertiary/aromatic N) is 1. The molecule has 38 heavy (non-hydrogen) atoms. The Morgan fingerprint density at radius 1 is 1.21 bits per heavy atom. The molecule has 0 aromatic heterocycles. The fourth-order valence-electron chi connectivity index (χ4n) is 6.67. The van der Waals surface area contributed by atoms with E-state index in [0.29, 0.717) is 18.1 Å². The number of halogens is 1. The maximum atomic E-state index is 13.1. The van der Waals surface area contributed by atoms with Crippen molar-refractivity contribution in [1.82, 2.24) is 4.72 Å². The van der Waals surface area contributed by atoms with Gasteiger partial charge in [-0.25, -0.2) is 4.21 Å². The van der Waals surface area contributed by atoms with E-state index in [1.165, 1.54) is 11.1 Å². The van der Waals surface area contributed by atoms with Crippen molar-refractivity contribution in [2.45, 2.75) is 43.6 Å². The van der Waals surface area contributed by atoms with Gasteiger partial charge in [0.15, 0.2) is 0 Å². The highest BCUT2D eigenvalue weighted by Gasteiger charge is 2.44. The van der Waals surface area contributed by atoms with Crippen molar-refractivity contribution < 1.29 is 23.6 Å². The normalized spacial score (nSPS) is 33.4. The fraction of sp³-hybridized carbons (Fsp3) is 0.517. The summed E-state index contributed by atoms with van der Waals surface area (Å²) in [6.45, 7) is 2.37. The summed E-state index contributed by atoms with van der Waals surface area (Å²) in [7, 11) is -2.89. The van der Waals surface area contributed by atoms with Crippen LogP contribution in [-0.4, -0.2) is 65.9 Å². The van der Waals surface area contributed by atoms with Gasteiger partial charge in [-0.1, -0.05) is 17.7 Å². The number of anilines is 1. The van der Waals surface area contributed by atoms with Crippen LogP contribution in [0.1, 0.15) is 47.2 Å². The van der Waals surface area contributed by atoms with Crippen molar-refractivity contribution >= 4 is 38.8 Å². The summed E-state index contributed by atoms with van der Waals surface area (Å²) in [4.78, 5) is 15.5. The number of fused-ring (bicyclic) bond motifs is 4. The molecule has 9 heteroatoms. The number of amides is 1. The van der Waals surface area contributed by atoms with Crippen molar-refractivity contribution in [1.29, 1.82) is 0 Å². The van der Waals surface area contributed by atoms with Crippen molar-refractivity contribution in [3.63, 3.8) is 0 Å². The highest BCUT2D eigenvalue weighted by Crippen LogP contribution is 2.46. The second-order valence-corrected chi connectivity index (χ2v) is 14.1. The molecule has 0 radical (unpaired) electrons. The molecule has 2 aromatic rings. The minimum atomic E-state index is -2.89. The van der Waals surface area contributed by atoms with Gasteiger partial charge >= 0.3 is 0 Å². The summed E-state index contributed by atoms with van der Waals surface area (Å²) >= 11 is 6.36. The lowest BCUT2D eigenvalue weighted by atomic mass is 9.68. The predicted molar refractivity (Wildman–Crippen MR) is 151 cm³/mol. The Bertz CT molecular complexity index is 1350. The number of carbonyl (C=O) groups excluding carboxylic acids is 1. The van der Waals surface area contributed by atoms with Crippen molar-refractivity contribution in [3.05, 3.63) is 58.1 Å². The van der Waals surface area contributed by atoms with Gasteiger partial charge in [-0.05, 0) is 91.3 Å². The largest absolute Gasteiger partial charge is 0.490 e. The van der Waals surface area contributed by atoms with Gasteiger partial charge in [-0.15, -0.1) is 0 Å². The van der Waals surface area contributed by atoms with Crippen LogP contribution in [0.3, 0.4) is 0 Å². The first-order chi connectivity index (χ1) is 18.2. The molecular formula is C29H35ClN2O5S. The zero-order valence-electron chi connectivity index (χ0n) is 21.5. The van der Waals surface area contributed by atoms with Gasteiger partial charge < -0.3 is 19.5 Å². The molecule has 2 aliphatic carbocycles. The van der Waals surface area contributed by atoms with Crippen LogP contribution in [0.15, 0.2) is 36.4 Å². The molecule has 1 saturated carbocycles. The van der Waals surface area contributed by atoms with Crippen LogP contribution in [0, 0.1) is 11.8 Å². The molecule has 2 bridgehead atoms. The SMILES string of the molecule is C=S1(=O)CCOC[C@@H](O)[C@@H]2CC[C@H]2CN2C[C@@]3(CCCc4cc(Cl)ccc43)COc3ccc(cc32)C(=O)N1. The number of ether oxygens (including phenoxy) is 2. The van der Waals surface area contributed by atoms with Crippen LogP contribution in [-0.2, 0) is 26.3 Å². The van der Waals surface area contributed by atoms with Crippen molar-refractivity contribution in [2.75, 3.05) is 43.6 Å². The fourth-order valence-corrected chi connectivity index (χ4v) is 7.81. The Balaban J connectivity index is 1.42. The smallest absolute Gasteiger partial charge is 0.262 e. The molecule has 2 N–H and O–H groups in total. The summed E-state index contributed by atoms with van der Waals surface area (Å²) < 4.78 is 27.7. The first-order valence-corrected chi connectivity index (χ1v) is 15.7. The molecule has 2 heterocycles. The van der Waals surface area contributed by atoms with E-state index in [-0.39, 0.29) is 30.3 Å². The average molecular weight is 559 g/mol. The molecule has 1 spiro atoms. The van der Waals surface area contributed by atoms with Crippen LogP contribution >= 0.6 is 11.6 Å². The maximum absolute atomic E-state index is 13.1. The van der Waals surface area contributed by atoms with Crippen LogP contribution in [0.2, 0.25) is 5.02 Å². The Kier molecular flexibility index (Phi) is 6.87. The Hall–Kier alpha value is -2.26. The number of nitrogens with one attached hydrogen (secondary N) is 1. The number of hydrogen-bond donors (Lipinski definition) is 2. The van der Waals surface area contributed by atoms with Crippen molar-refractivity contribution in [2.24, 2.45) is 11.8 Å². The van der Waals surface area contributed by atoms with Gasteiger partial charge in [0.2, 0.25) is 0 Å². The molecular weight excluding hydrogens is 524 g/mol. The first-order valence-electron chi connectivity index (χ1n) is 13.5. The van der Waals surface area contributed by atoms with Gasteiger partial charge in [0.1, 0.15) is 5.75 Å². The van der Waals surface area contributed by atoms with E-state index in [2.05, 4.69) is 27.6 Å². The van der Waals surface area contributed by atoms with Gasteiger partial charge in [-0.2, -0.15) is 0 Å². The van der Waals surface area contributed by atoms with Gasteiger partial charge in [0, 0.05) is 38.8 Å². The molecule has 6 rings (SSSR count). The first kappa shape index (κ1) is 26.0. The molecule has 7 nitrogen and oxygen atoms in total. The highest BCUT2D eigenvalue weighted by atomic mass is 35.5. The van der Waals surface area contributed by atoms with E-state index in [1.54, 1.807) is 6.07 Å². The van der Waals surface area contributed by atoms with Crippen molar-refractivity contribution in [3.8, 4) is 5.75 Å². The standard InChI is InChI=1S/C29H35ClN2O5S/c1-38(35)12-11-36-16-26(33)23-7-4-21(23)15-32-17-29(10-2-3-19-13-22(30)6-8-24(19)29)18-37-27-9-5-20(14-25(27)32)28(34)31-38/h5-6,8-9,13-14,21,23,26,33H,1-4,7,10-12,15-18H2,(H,31,34,35)/t21-,23+,26+,29-,38?/m0/s1. The number of aliphatic hydroxyl groups is 1. The van der Waals surface area contributed by atoms with Crippen LogP contribution in [0.25, 0.3) is 0 Å². The summed E-state index contributed by atoms with van der Waals surface area (Å²) in [6.07, 6.45) is 4.43. The molecule has 204 valence electrons. The van der Waals surface area contributed by atoms with Gasteiger partial charge in [0.05, 0.1) is 37.4 Å². The van der Waals surface area contributed by atoms with Crippen LogP contribution < -0.4 is 14.4 Å².